The fourth-order valence-electron chi connectivity index (χ4n) is 1.74. The molecule has 0 saturated heterocycles. The smallest absolute Gasteiger partial charge is 0.168 e. The molecule has 0 bridgehead atoms. The maximum absolute atomic E-state index is 13.3. The van der Waals surface area contributed by atoms with Crippen LogP contribution in [0.2, 0.25) is 0 Å². The molecule has 1 aromatic carbocycles. The second-order valence-corrected chi connectivity index (χ2v) is 4.11. The molecule has 1 saturated carbocycles. The van der Waals surface area contributed by atoms with E-state index in [0.717, 1.165) is 31.0 Å². The van der Waals surface area contributed by atoms with Crippen LogP contribution in [0.4, 0.5) is 8.78 Å². The zero-order valence-electron chi connectivity index (χ0n) is 8.47. The number of benzene rings is 1. The van der Waals surface area contributed by atoms with E-state index in [4.69, 9.17) is 0 Å². The Morgan fingerprint density at radius 3 is 2.67 bits per heavy atom. The van der Waals surface area contributed by atoms with Gasteiger partial charge in [0.2, 0.25) is 0 Å². The Morgan fingerprint density at radius 1 is 1.40 bits per heavy atom. The Kier molecular flexibility index (Phi) is 2.55. The van der Waals surface area contributed by atoms with Gasteiger partial charge in [-0.05, 0) is 37.0 Å². The van der Waals surface area contributed by atoms with E-state index in [1.165, 1.54) is 0 Å². The Bertz CT molecular complexity index is 397. The summed E-state index contributed by atoms with van der Waals surface area (Å²) in [5.74, 6) is -1.31. The van der Waals surface area contributed by atoms with Gasteiger partial charge in [0.1, 0.15) is 11.6 Å². The topological polar surface area (TPSA) is 17.1 Å². The maximum Gasteiger partial charge on any atom is 0.168 e. The van der Waals surface area contributed by atoms with Crippen molar-refractivity contribution in [3.63, 3.8) is 0 Å². The average molecular weight is 210 g/mol. The summed E-state index contributed by atoms with van der Waals surface area (Å²) in [6.07, 6.45) is 2.04. The molecule has 1 aliphatic rings. The average Bonchev–Trinajstić information content (AvgIpc) is 3.03. The number of carbonyl (C=O) groups is 1. The van der Waals surface area contributed by atoms with E-state index in [2.05, 4.69) is 0 Å². The summed E-state index contributed by atoms with van der Waals surface area (Å²) in [5, 5.41) is 0. The van der Waals surface area contributed by atoms with Gasteiger partial charge in [-0.15, -0.1) is 0 Å². The minimum Gasteiger partial charge on any atom is -0.294 e. The van der Waals surface area contributed by atoms with E-state index < -0.39 is 11.6 Å². The molecular formula is C12H12F2O. The molecule has 1 aliphatic carbocycles. The van der Waals surface area contributed by atoms with Crippen LogP contribution in [0, 0.1) is 23.5 Å². The number of rotatable bonds is 3. The summed E-state index contributed by atoms with van der Waals surface area (Å²) in [6, 6.07) is 3.01. The van der Waals surface area contributed by atoms with E-state index in [1.807, 2.05) is 0 Å². The number of Topliss-reactive ketones (excluding diaryl/α,β-unsaturated/α-hetero) is 1. The lowest BCUT2D eigenvalue weighted by Gasteiger charge is -2.09. The van der Waals surface area contributed by atoms with Crippen molar-refractivity contribution < 1.29 is 13.6 Å². The first-order chi connectivity index (χ1) is 7.09. The first kappa shape index (κ1) is 10.3. The minimum absolute atomic E-state index is 0.116. The van der Waals surface area contributed by atoms with Crippen molar-refractivity contribution in [2.75, 3.05) is 0 Å². The summed E-state index contributed by atoms with van der Waals surface area (Å²) in [5.41, 5.74) is -0.116. The highest BCUT2D eigenvalue weighted by Gasteiger charge is 2.33. The lowest BCUT2D eigenvalue weighted by Crippen LogP contribution is -2.15. The van der Waals surface area contributed by atoms with Gasteiger partial charge < -0.3 is 0 Å². The molecule has 1 atom stereocenters. The predicted octanol–water partition coefficient (Wildman–Crippen LogP) is 3.19. The number of hydrogen-bond donors (Lipinski definition) is 0. The van der Waals surface area contributed by atoms with Crippen LogP contribution >= 0.6 is 0 Å². The zero-order valence-corrected chi connectivity index (χ0v) is 8.47. The first-order valence-corrected chi connectivity index (χ1v) is 5.09. The molecule has 2 rings (SSSR count). The number of halogens is 2. The highest BCUT2D eigenvalue weighted by molar-refractivity contribution is 5.98. The van der Waals surface area contributed by atoms with Crippen molar-refractivity contribution >= 4 is 5.78 Å². The van der Waals surface area contributed by atoms with Gasteiger partial charge in [0, 0.05) is 5.92 Å². The monoisotopic (exact) mass is 210 g/mol. The van der Waals surface area contributed by atoms with Gasteiger partial charge >= 0.3 is 0 Å². The fourth-order valence-corrected chi connectivity index (χ4v) is 1.74. The van der Waals surface area contributed by atoms with Gasteiger partial charge in [-0.1, -0.05) is 6.92 Å². The van der Waals surface area contributed by atoms with Crippen LogP contribution < -0.4 is 0 Å². The van der Waals surface area contributed by atoms with Gasteiger partial charge in [0.05, 0.1) is 5.56 Å². The van der Waals surface area contributed by atoms with Crippen LogP contribution in [0.25, 0.3) is 0 Å². The number of carbonyl (C=O) groups excluding carboxylic acids is 1. The maximum atomic E-state index is 13.3. The Balaban J connectivity index is 2.27. The summed E-state index contributed by atoms with van der Waals surface area (Å²) in [4.78, 5) is 11.8. The second kappa shape index (κ2) is 3.72. The third-order valence-corrected chi connectivity index (χ3v) is 2.94. The van der Waals surface area contributed by atoms with E-state index in [0.29, 0.717) is 5.92 Å². The molecule has 0 aliphatic heterocycles. The fraction of sp³-hybridized carbons (Fsp3) is 0.417. The van der Waals surface area contributed by atoms with Crippen LogP contribution in [-0.2, 0) is 0 Å². The van der Waals surface area contributed by atoms with Crippen molar-refractivity contribution in [3.8, 4) is 0 Å². The largest absolute Gasteiger partial charge is 0.294 e. The quantitative estimate of drug-likeness (QED) is 0.700. The molecule has 80 valence electrons. The molecule has 0 N–H and O–H groups in total. The predicted molar refractivity (Wildman–Crippen MR) is 52.6 cm³/mol. The van der Waals surface area contributed by atoms with Gasteiger partial charge in [-0.2, -0.15) is 0 Å². The summed E-state index contributed by atoms with van der Waals surface area (Å²) in [6.45, 7) is 1.78. The third-order valence-electron chi connectivity index (χ3n) is 2.94. The van der Waals surface area contributed by atoms with Crippen molar-refractivity contribution in [1.82, 2.24) is 0 Å². The van der Waals surface area contributed by atoms with Gasteiger partial charge in [0.25, 0.3) is 0 Å². The molecule has 0 radical (unpaired) electrons. The van der Waals surface area contributed by atoms with Gasteiger partial charge in [-0.25, -0.2) is 8.78 Å². The summed E-state index contributed by atoms with van der Waals surface area (Å²) in [7, 11) is 0. The second-order valence-electron chi connectivity index (χ2n) is 4.11. The Labute approximate surface area is 87.1 Å². The molecule has 0 spiro atoms. The van der Waals surface area contributed by atoms with Crippen molar-refractivity contribution in [2.24, 2.45) is 11.8 Å². The highest BCUT2D eigenvalue weighted by Crippen LogP contribution is 2.38. The molecule has 1 unspecified atom stereocenters. The summed E-state index contributed by atoms with van der Waals surface area (Å²) < 4.78 is 26.1. The Hall–Kier alpha value is -1.25. The zero-order chi connectivity index (χ0) is 11.0. The first-order valence-electron chi connectivity index (χ1n) is 5.09. The van der Waals surface area contributed by atoms with Crippen molar-refractivity contribution in [3.05, 3.63) is 35.4 Å². The van der Waals surface area contributed by atoms with E-state index >= 15 is 0 Å². The van der Waals surface area contributed by atoms with Crippen LogP contribution in [-0.4, -0.2) is 5.78 Å². The van der Waals surface area contributed by atoms with Crippen molar-refractivity contribution in [2.45, 2.75) is 19.8 Å². The molecule has 0 aromatic heterocycles. The van der Waals surface area contributed by atoms with Gasteiger partial charge in [-0.3, -0.25) is 4.79 Å². The standard InChI is InChI=1S/C12H12F2O/c1-7(8-2-3-8)12(15)10-6-9(13)4-5-11(10)14/h4-8H,2-3H2,1H3. The normalized spacial score (nSPS) is 17.5. The number of ketones is 1. The lowest BCUT2D eigenvalue weighted by atomic mass is 9.95. The van der Waals surface area contributed by atoms with E-state index in [-0.39, 0.29) is 17.3 Å². The summed E-state index contributed by atoms with van der Waals surface area (Å²) >= 11 is 0. The highest BCUT2D eigenvalue weighted by atomic mass is 19.1. The van der Waals surface area contributed by atoms with Crippen LogP contribution in [0.3, 0.4) is 0 Å². The minimum atomic E-state index is -0.631. The number of hydrogen-bond acceptors (Lipinski definition) is 1. The Morgan fingerprint density at radius 2 is 2.07 bits per heavy atom. The molecule has 3 heteroatoms. The third kappa shape index (κ3) is 2.06. The van der Waals surface area contributed by atoms with E-state index in [1.54, 1.807) is 6.92 Å². The molecule has 0 amide bonds. The molecule has 0 heterocycles. The SMILES string of the molecule is CC(C(=O)c1cc(F)ccc1F)C1CC1. The molecular weight excluding hydrogens is 198 g/mol. The molecule has 1 aromatic rings. The van der Waals surface area contributed by atoms with Crippen molar-refractivity contribution in [1.29, 1.82) is 0 Å². The van der Waals surface area contributed by atoms with Crippen LogP contribution in [0.5, 0.6) is 0 Å². The van der Waals surface area contributed by atoms with Gasteiger partial charge in [0.15, 0.2) is 5.78 Å². The molecule has 1 fully saturated rings. The van der Waals surface area contributed by atoms with Crippen LogP contribution in [0.15, 0.2) is 18.2 Å². The molecule has 15 heavy (non-hydrogen) atoms. The lowest BCUT2D eigenvalue weighted by molar-refractivity contribution is 0.0911. The van der Waals surface area contributed by atoms with E-state index in [9.17, 15) is 13.6 Å². The van der Waals surface area contributed by atoms with Crippen LogP contribution in [0.1, 0.15) is 30.1 Å². The molecule has 1 nitrogen and oxygen atoms in total.